The molecule has 2 saturated heterocycles. The summed E-state index contributed by atoms with van der Waals surface area (Å²) in [6, 6.07) is 7.25. The van der Waals surface area contributed by atoms with Crippen molar-refractivity contribution in [3.63, 3.8) is 0 Å². The van der Waals surface area contributed by atoms with E-state index in [0.29, 0.717) is 6.04 Å². The first kappa shape index (κ1) is 14.5. The molecule has 3 aliphatic heterocycles. The van der Waals surface area contributed by atoms with Gasteiger partial charge < -0.3 is 14.8 Å². The van der Waals surface area contributed by atoms with Gasteiger partial charge in [-0.15, -0.1) is 0 Å². The monoisotopic (exact) mass is 302 g/mol. The molecule has 1 N–H and O–H groups in total. The Balaban J connectivity index is 1.71. The van der Waals surface area contributed by atoms with Crippen LogP contribution in [0.2, 0.25) is 0 Å². The number of morpholine rings is 1. The van der Waals surface area contributed by atoms with Crippen molar-refractivity contribution in [1.29, 1.82) is 0 Å². The van der Waals surface area contributed by atoms with Crippen molar-refractivity contribution in [3.8, 4) is 5.75 Å². The minimum absolute atomic E-state index is 0.0102. The lowest BCUT2D eigenvalue weighted by Crippen LogP contribution is -2.49. The summed E-state index contributed by atoms with van der Waals surface area (Å²) < 4.78 is 12.0. The van der Waals surface area contributed by atoms with Crippen molar-refractivity contribution in [2.45, 2.75) is 37.8 Å². The predicted molar refractivity (Wildman–Crippen MR) is 86.4 cm³/mol. The lowest BCUT2D eigenvalue weighted by molar-refractivity contribution is -0.0258. The Labute approximate surface area is 132 Å². The summed E-state index contributed by atoms with van der Waals surface area (Å²) in [5.41, 5.74) is 2.78. The van der Waals surface area contributed by atoms with Crippen molar-refractivity contribution >= 4 is 0 Å². The van der Waals surface area contributed by atoms with Crippen molar-refractivity contribution in [3.05, 3.63) is 29.3 Å². The maximum absolute atomic E-state index is 6.48. The summed E-state index contributed by atoms with van der Waals surface area (Å²) in [4.78, 5) is 2.60. The molecule has 0 radical (unpaired) electrons. The second-order valence-corrected chi connectivity index (χ2v) is 6.81. The summed E-state index contributed by atoms with van der Waals surface area (Å²) in [6.07, 6.45) is 3.29. The predicted octanol–water partition coefficient (Wildman–Crippen LogP) is 2.14. The van der Waals surface area contributed by atoms with E-state index in [1.165, 1.54) is 11.1 Å². The van der Waals surface area contributed by atoms with E-state index in [0.717, 1.165) is 64.4 Å². The van der Waals surface area contributed by atoms with E-state index in [9.17, 15) is 0 Å². The van der Waals surface area contributed by atoms with Gasteiger partial charge in [0.15, 0.2) is 0 Å². The van der Waals surface area contributed by atoms with E-state index < -0.39 is 0 Å². The zero-order chi connectivity index (χ0) is 15.0. The largest absolute Gasteiger partial charge is 0.485 e. The third kappa shape index (κ3) is 2.53. The minimum atomic E-state index is -0.0102. The summed E-state index contributed by atoms with van der Waals surface area (Å²) in [5.74, 6) is 1.10. The molecule has 1 aromatic carbocycles. The van der Waals surface area contributed by atoms with E-state index in [1.54, 1.807) is 0 Å². The Morgan fingerprint density at radius 3 is 2.91 bits per heavy atom. The van der Waals surface area contributed by atoms with Crippen molar-refractivity contribution in [1.82, 2.24) is 10.2 Å². The normalized spacial score (nSPS) is 32.0. The summed E-state index contributed by atoms with van der Waals surface area (Å²) >= 11 is 0. The van der Waals surface area contributed by atoms with Crippen LogP contribution in [-0.2, 0) is 11.2 Å². The van der Waals surface area contributed by atoms with Crippen molar-refractivity contribution in [2.24, 2.45) is 0 Å². The molecule has 3 heterocycles. The van der Waals surface area contributed by atoms with Gasteiger partial charge in [0.25, 0.3) is 0 Å². The van der Waals surface area contributed by atoms with Crippen LogP contribution in [0.4, 0.5) is 0 Å². The Hall–Kier alpha value is -1.10. The highest BCUT2D eigenvalue weighted by molar-refractivity contribution is 5.42. The molecule has 2 fully saturated rings. The van der Waals surface area contributed by atoms with Gasteiger partial charge in [0.05, 0.1) is 13.2 Å². The summed E-state index contributed by atoms with van der Waals surface area (Å²) in [7, 11) is 0. The van der Waals surface area contributed by atoms with Crippen LogP contribution in [0.15, 0.2) is 18.2 Å². The third-order valence-corrected chi connectivity index (χ3v) is 5.42. The fraction of sp³-hybridized carbons (Fsp3) is 0.667. The van der Waals surface area contributed by atoms with Crippen LogP contribution in [0, 0.1) is 0 Å². The number of benzene rings is 1. The van der Waals surface area contributed by atoms with Crippen LogP contribution < -0.4 is 10.1 Å². The molecule has 1 aromatic rings. The molecular weight excluding hydrogens is 276 g/mol. The molecule has 22 heavy (non-hydrogen) atoms. The van der Waals surface area contributed by atoms with E-state index in [4.69, 9.17) is 9.47 Å². The topological polar surface area (TPSA) is 33.7 Å². The molecule has 4 nitrogen and oxygen atoms in total. The van der Waals surface area contributed by atoms with Crippen LogP contribution in [0.1, 0.15) is 36.9 Å². The lowest BCUT2D eigenvalue weighted by atomic mass is 9.84. The fourth-order valence-corrected chi connectivity index (χ4v) is 4.11. The number of nitrogens with one attached hydrogen (secondary N) is 1. The minimum Gasteiger partial charge on any atom is -0.485 e. The zero-order valence-electron chi connectivity index (χ0n) is 13.4. The smallest absolute Gasteiger partial charge is 0.125 e. The number of hydrogen-bond acceptors (Lipinski definition) is 4. The van der Waals surface area contributed by atoms with Gasteiger partial charge in [-0.25, -0.2) is 0 Å². The van der Waals surface area contributed by atoms with Crippen molar-refractivity contribution < 1.29 is 9.47 Å². The first-order chi connectivity index (χ1) is 10.8. The number of hydrogen-bond donors (Lipinski definition) is 1. The maximum atomic E-state index is 6.48. The average Bonchev–Trinajstić information content (AvgIpc) is 3.02. The molecule has 0 saturated carbocycles. The zero-order valence-corrected chi connectivity index (χ0v) is 13.4. The van der Waals surface area contributed by atoms with Gasteiger partial charge in [-0.05, 0) is 24.6 Å². The fourth-order valence-electron chi connectivity index (χ4n) is 4.11. The highest BCUT2D eigenvalue weighted by atomic mass is 16.5. The molecular formula is C18H26N2O2. The summed E-state index contributed by atoms with van der Waals surface area (Å²) in [6.45, 7) is 8.03. The number of nitrogens with zero attached hydrogens (tertiary/aromatic N) is 1. The van der Waals surface area contributed by atoms with E-state index in [1.807, 2.05) is 0 Å². The molecule has 4 heteroatoms. The molecule has 120 valence electrons. The summed E-state index contributed by atoms with van der Waals surface area (Å²) in [5, 5.41) is 3.49. The van der Waals surface area contributed by atoms with Crippen LogP contribution in [0.25, 0.3) is 0 Å². The molecule has 0 aromatic heterocycles. The Bertz CT molecular complexity index is 534. The Morgan fingerprint density at radius 2 is 2.18 bits per heavy atom. The van der Waals surface area contributed by atoms with Crippen LogP contribution in [0.5, 0.6) is 5.75 Å². The second kappa shape index (κ2) is 5.84. The quantitative estimate of drug-likeness (QED) is 0.907. The van der Waals surface area contributed by atoms with Crippen LogP contribution in [-0.4, -0.2) is 49.9 Å². The van der Waals surface area contributed by atoms with E-state index in [2.05, 4.69) is 35.3 Å². The van der Waals surface area contributed by atoms with Gasteiger partial charge in [-0.2, -0.15) is 0 Å². The standard InChI is InChI=1S/C18H26N2O2/c1-2-14-3-4-17-15(11-14)16(20-7-9-21-10-8-20)12-18(22-17)5-6-19-13-18/h3-4,11,16,19H,2,5-10,12-13H2,1H3. The molecule has 4 rings (SSSR count). The number of aryl methyl sites for hydroxylation is 1. The average molecular weight is 302 g/mol. The lowest BCUT2D eigenvalue weighted by Gasteiger charge is -2.45. The Kier molecular flexibility index (Phi) is 3.84. The van der Waals surface area contributed by atoms with Crippen LogP contribution >= 0.6 is 0 Å². The molecule has 0 amide bonds. The van der Waals surface area contributed by atoms with Gasteiger partial charge in [0.1, 0.15) is 11.4 Å². The van der Waals surface area contributed by atoms with Gasteiger partial charge in [0, 0.05) is 44.1 Å². The molecule has 0 bridgehead atoms. The van der Waals surface area contributed by atoms with Gasteiger partial charge in [-0.3, -0.25) is 4.90 Å². The molecule has 2 atom stereocenters. The Morgan fingerprint density at radius 1 is 1.32 bits per heavy atom. The van der Waals surface area contributed by atoms with Gasteiger partial charge in [0.2, 0.25) is 0 Å². The first-order valence-electron chi connectivity index (χ1n) is 8.64. The van der Waals surface area contributed by atoms with Gasteiger partial charge >= 0.3 is 0 Å². The van der Waals surface area contributed by atoms with E-state index >= 15 is 0 Å². The molecule has 3 aliphatic rings. The highest BCUT2D eigenvalue weighted by Gasteiger charge is 2.45. The molecule has 0 aliphatic carbocycles. The number of rotatable bonds is 2. The van der Waals surface area contributed by atoms with Crippen LogP contribution in [0.3, 0.4) is 0 Å². The number of fused-ring (bicyclic) bond motifs is 1. The van der Waals surface area contributed by atoms with Gasteiger partial charge in [-0.1, -0.05) is 19.1 Å². The third-order valence-electron chi connectivity index (χ3n) is 5.42. The SMILES string of the molecule is CCc1ccc2c(c1)C(N1CCOCC1)CC1(CCNC1)O2. The van der Waals surface area contributed by atoms with E-state index in [-0.39, 0.29) is 5.60 Å². The molecule has 2 unspecified atom stereocenters. The highest BCUT2D eigenvalue weighted by Crippen LogP contribution is 2.45. The maximum Gasteiger partial charge on any atom is 0.125 e. The molecule has 1 spiro atoms. The number of ether oxygens (including phenoxy) is 2. The second-order valence-electron chi connectivity index (χ2n) is 6.81. The van der Waals surface area contributed by atoms with Crippen molar-refractivity contribution in [2.75, 3.05) is 39.4 Å². The first-order valence-corrected chi connectivity index (χ1v) is 8.64.